The molecule has 43 heavy (non-hydrogen) atoms. The van der Waals surface area contributed by atoms with Crippen molar-refractivity contribution in [1.29, 1.82) is 0 Å². The topological polar surface area (TPSA) is 86.3 Å². The van der Waals surface area contributed by atoms with E-state index in [4.69, 9.17) is 4.99 Å². The number of H-pyrrole nitrogens is 1. The quantitative estimate of drug-likeness (QED) is 0.258. The zero-order valence-corrected chi connectivity index (χ0v) is 23.0. The molecule has 0 spiro atoms. The second kappa shape index (κ2) is 11.1. The van der Waals surface area contributed by atoms with Crippen LogP contribution in [0.5, 0.6) is 0 Å². The van der Waals surface area contributed by atoms with Crippen molar-refractivity contribution in [1.82, 2.24) is 15.6 Å². The van der Waals surface area contributed by atoms with Gasteiger partial charge in [-0.05, 0) is 53.1 Å². The van der Waals surface area contributed by atoms with Gasteiger partial charge in [0, 0.05) is 40.3 Å². The monoisotopic (exact) mass is 558 g/mol. The Morgan fingerprint density at radius 3 is 1.44 bits per heavy atom. The molecule has 2 amide bonds. The van der Waals surface area contributed by atoms with Crippen molar-refractivity contribution in [3.63, 3.8) is 0 Å². The second-order valence-electron chi connectivity index (χ2n) is 10.2. The molecule has 0 fully saturated rings. The van der Waals surface area contributed by atoms with E-state index in [1.165, 1.54) is 6.08 Å². The molecule has 3 N–H and O–H groups in total. The smallest absolute Gasteiger partial charge is 0.248 e. The number of aromatic amines is 1. The molecule has 0 saturated carbocycles. The van der Waals surface area contributed by atoms with Crippen LogP contribution in [0.1, 0.15) is 28.1 Å². The molecule has 3 aliphatic rings. The van der Waals surface area contributed by atoms with Gasteiger partial charge in [-0.2, -0.15) is 0 Å². The van der Waals surface area contributed by atoms with Gasteiger partial charge in [0.1, 0.15) is 0 Å². The fourth-order valence-electron chi connectivity index (χ4n) is 5.52. The molecule has 6 nitrogen and oxygen atoms in total. The normalized spacial score (nSPS) is 18.9. The lowest BCUT2D eigenvalue weighted by Crippen LogP contribution is -2.16. The maximum atomic E-state index is 12.1. The molecular formula is C37H26N4O2. The molecule has 4 aromatic rings. The van der Waals surface area contributed by atoms with Crippen LogP contribution in [0.25, 0.3) is 16.7 Å². The van der Waals surface area contributed by atoms with Crippen molar-refractivity contribution in [2.24, 2.45) is 4.99 Å². The number of rotatable bonds is 6. The Kier molecular flexibility index (Phi) is 6.70. The molecule has 0 saturated heterocycles. The number of hydrogen-bond donors (Lipinski definition) is 3. The Morgan fingerprint density at radius 2 is 0.930 bits per heavy atom. The number of hydrogen-bond acceptors (Lipinski definition) is 3. The fourth-order valence-corrected chi connectivity index (χ4v) is 5.52. The van der Waals surface area contributed by atoms with E-state index >= 15 is 0 Å². The highest BCUT2D eigenvalue weighted by molar-refractivity contribution is 6.32. The Morgan fingerprint density at radius 1 is 0.465 bits per heavy atom. The minimum Gasteiger partial charge on any atom is -0.354 e. The second-order valence-corrected chi connectivity index (χ2v) is 10.2. The average Bonchev–Trinajstić information content (AvgIpc) is 3.86. The van der Waals surface area contributed by atoms with E-state index in [1.54, 1.807) is 12.2 Å². The first-order valence-corrected chi connectivity index (χ1v) is 14.0. The molecule has 0 unspecified atom stereocenters. The van der Waals surface area contributed by atoms with Crippen molar-refractivity contribution in [3.8, 4) is 0 Å². The lowest BCUT2D eigenvalue weighted by Gasteiger charge is -2.12. The molecule has 4 heterocycles. The summed E-state index contributed by atoms with van der Waals surface area (Å²) >= 11 is 0. The van der Waals surface area contributed by atoms with E-state index in [0.29, 0.717) is 0 Å². The van der Waals surface area contributed by atoms with Crippen LogP contribution in [0.15, 0.2) is 162 Å². The van der Waals surface area contributed by atoms with Gasteiger partial charge in [0.25, 0.3) is 0 Å². The predicted octanol–water partition coefficient (Wildman–Crippen LogP) is 6.33. The fraction of sp³-hybridized carbons (Fsp3) is 0. The lowest BCUT2D eigenvalue weighted by molar-refractivity contribution is -0.116. The third-order valence-electron chi connectivity index (χ3n) is 7.42. The van der Waals surface area contributed by atoms with E-state index in [0.717, 1.165) is 67.6 Å². The zero-order chi connectivity index (χ0) is 29.2. The van der Waals surface area contributed by atoms with Crippen molar-refractivity contribution in [2.45, 2.75) is 0 Å². The summed E-state index contributed by atoms with van der Waals surface area (Å²) in [6, 6.07) is 34.2. The largest absolute Gasteiger partial charge is 0.354 e. The number of amides is 2. The van der Waals surface area contributed by atoms with Gasteiger partial charge in [-0.3, -0.25) is 9.59 Å². The van der Waals surface area contributed by atoms with Gasteiger partial charge in [0.15, 0.2) is 0 Å². The molecule has 0 atom stereocenters. The number of nitrogens with one attached hydrogen (secondary N) is 3. The van der Waals surface area contributed by atoms with Crippen LogP contribution < -0.4 is 10.6 Å². The lowest BCUT2D eigenvalue weighted by atomic mass is 9.99. The van der Waals surface area contributed by atoms with E-state index in [9.17, 15) is 9.59 Å². The summed E-state index contributed by atoms with van der Waals surface area (Å²) in [5.41, 5.74) is 10.4. The first kappa shape index (κ1) is 25.9. The predicted molar refractivity (Wildman–Crippen MR) is 170 cm³/mol. The highest BCUT2D eigenvalue weighted by Gasteiger charge is 2.23. The summed E-state index contributed by atoms with van der Waals surface area (Å²) in [5, 5.41) is 5.91. The molecule has 0 aliphatic carbocycles. The van der Waals surface area contributed by atoms with Gasteiger partial charge in [-0.1, -0.05) is 91.0 Å². The first-order chi connectivity index (χ1) is 21.1. The summed E-state index contributed by atoms with van der Waals surface area (Å²) in [5.74, 6) is -0.292. The Labute approximate surface area is 248 Å². The van der Waals surface area contributed by atoms with Crippen molar-refractivity contribution in [3.05, 3.63) is 185 Å². The summed E-state index contributed by atoms with van der Waals surface area (Å²) < 4.78 is 0. The van der Waals surface area contributed by atoms with E-state index in [-0.39, 0.29) is 11.8 Å². The van der Waals surface area contributed by atoms with E-state index < -0.39 is 0 Å². The molecule has 206 valence electrons. The van der Waals surface area contributed by atoms with Crippen LogP contribution >= 0.6 is 0 Å². The van der Waals surface area contributed by atoms with Crippen LogP contribution in [0, 0.1) is 0 Å². The van der Waals surface area contributed by atoms with Gasteiger partial charge < -0.3 is 15.6 Å². The molecule has 1 aromatic heterocycles. The van der Waals surface area contributed by atoms with E-state index in [1.807, 2.05) is 109 Å². The third-order valence-corrected chi connectivity index (χ3v) is 7.42. The standard InChI is InChI=1S/C37H26N4O2/c42-33-22-20-31(40-33)36(25-12-6-2-7-13-25)29-18-16-27(38-29)35(24-10-4-1-5-11-24)28-17-19-30(39-28)37(26-14-8-3-9-15-26)32-21-23-34(43)41-32/h1-23,38H,(H,40,42)(H,41,43)/b35-28-,36-31-,37-32+. The van der Waals surface area contributed by atoms with Crippen LogP contribution in [0.2, 0.25) is 0 Å². The molecule has 6 heteroatoms. The molecule has 0 bridgehead atoms. The van der Waals surface area contributed by atoms with Crippen molar-refractivity contribution < 1.29 is 9.59 Å². The number of benzene rings is 3. The number of aromatic nitrogens is 1. The number of nitrogens with zero attached hydrogens (tertiary/aromatic N) is 1. The average molecular weight is 559 g/mol. The number of carbonyl (C=O) groups is 2. The van der Waals surface area contributed by atoms with Crippen LogP contribution in [0.3, 0.4) is 0 Å². The summed E-state index contributed by atoms with van der Waals surface area (Å²) in [7, 11) is 0. The summed E-state index contributed by atoms with van der Waals surface area (Å²) in [6.45, 7) is 0. The number of carbonyl (C=O) groups excluding carboxylic acids is 2. The minimum atomic E-state index is -0.151. The van der Waals surface area contributed by atoms with Gasteiger partial charge in [0.05, 0.1) is 22.8 Å². The molecule has 3 aliphatic heterocycles. The SMILES string of the molecule is O=C1C=C/C(=C(\c2ccccc2)c2ccc(/C(=C3/C=CC(C(=C4\C=CC(=O)N4)/c4ccccc4)=N3)c3ccccc3)[nH]2)N1. The highest BCUT2D eigenvalue weighted by atomic mass is 16.2. The van der Waals surface area contributed by atoms with Gasteiger partial charge in [0.2, 0.25) is 11.8 Å². The summed E-state index contributed by atoms with van der Waals surface area (Å²) in [4.78, 5) is 32.9. The summed E-state index contributed by atoms with van der Waals surface area (Å²) in [6.07, 6.45) is 10.7. The zero-order valence-electron chi connectivity index (χ0n) is 23.0. The Hall–Kier alpha value is -6.01. The first-order valence-electron chi connectivity index (χ1n) is 14.0. The van der Waals surface area contributed by atoms with Crippen LogP contribution in [0.4, 0.5) is 0 Å². The molecule has 7 rings (SSSR count). The van der Waals surface area contributed by atoms with Crippen LogP contribution in [-0.4, -0.2) is 22.5 Å². The van der Waals surface area contributed by atoms with Gasteiger partial charge >= 0.3 is 0 Å². The van der Waals surface area contributed by atoms with Crippen LogP contribution in [-0.2, 0) is 9.59 Å². The molecular weight excluding hydrogens is 532 g/mol. The highest BCUT2D eigenvalue weighted by Crippen LogP contribution is 2.35. The maximum absolute atomic E-state index is 12.1. The number of aliphatic imine (C=N–C) groups is 1. The third kappa shape index (κ3) is 5.13. The van der Waals surface area contributed by atoms with Gasteiger partial charge in [-0.25, -0.2) is 4.99 Å². The maximum Gasteiger partial charge on any atom is 0.248 e. The molecule has 3 aromatic carbocycles. The van der Waals surface area contributed by atoms with Crippen molar-refractivity contribution in [2.75, 3.05) is 0 Å². The Balaban J connectivity index is 1.38. The van der Waals surface area contributed by atoms with Crippen molar-refractivity contribution >= 4 is 34.2 Å². The minimum absolute atomic E-state index is 0.142. The molecule has 0 radical (unpaired) electrons. The van der Waals surface area contributed by atoms with E-state index in [2.05, 4.69) is 27.8 Å². The Bertz CT molecular complexity index is 1970. The number of allylic oxidation sites excluding steroid dienone is 5. The van der Waals surface area contributed by atoms with Gasteiger partial charge in [-0.15, -0.1) is 0 Å².